The van der Waals surface area contributed by atoms with Crippen molar-refractivity contribution in [1.82, 2.24) is 9.62 Å². The zero-order valence-electron chi connectivity index (χ0n) is 14.7. The number of sulfonamides is 1. The molecule has 7 heteroatoms. The first-order chi connectivity index (χ1) is 11.1. The molecule has 0 radical (unpaired) electrons. The lowest BCUT2D eigenvalue weighted by atomic mass is 9.86. The van der Waals surface area contributed by atoms with Crippen molar-refractivity contribution in [1.29, 1.82) is 0 Å². The molecular formula is C17H26N2O4S. The summed E-state index contributed by atoms with van der Waals surface area (Å²) < 4.78 is 28.2. The first-order valence-corrected chi connectivity index (χ1v) is 9.68. The Bertz CT molecular complexity index is 701. The van der Waals surface area contributed by atoms with Crippen LogP contribution in [-0.4, -0.2) is 49.6 Å². The second-order valence-electron chi connectivity index (χ2n) is 6.63. The van der Waals surface area contributed by atoms with E-state index >= 15 is 0 Å². The van der Waals surface area contributed by atoms with Crippen molar-refractivity contribution in [2.24, 2.45) is 0 Å². The third-order valence-corrected chi connectivity index (χ3v) is 6.39. The monoisotopic (exact) mass is 354 g/mol. The molecule has 0 spiro atoms. The molecule has 0 aromatic heterocycles. The van der Waals surface area contributed by atoms with Crippen LogP contribution in [0.5, 0.6) is 0 Å². The Morgan fingerprint density at radius 1 is 1.25 bits per heavy atom. The average molecular weight is 354 g/mol. The number of hydrogen-bond donors (Lipinski definition) is 2. The Balaban J connectivity index is 2.04. The van der Waals surface area contributed by atoms with Crippen LogP contribution < -0.4 is 4.72 Å². The molecule has 0 bridgehead atoms. The van der Waals surface area contributed by atoms with Crippen molar-refractivity contribution < 1.29 is 18.3 Å². The Morgan fingerprint density at radius 2 is 1.79 bits per heavy atom. The van der Waals surface area contributed by atoms with E-state index in [0.29, 0.717) is 24.3 Å². The van der Waals surface area contributed by atoms with Gasteiger partial charge in [-0.15, -0.1) is 0 Å². The molecule has 0 aliphatic heterocycles. The smallest absolute Gasteiger partial charge is 0.317 e. The zero-order valence-corrected chi connectivity index (χ0v) is 15.5. The summed E-state index contributed by atoms with van der Waals surface area (Å²) >= 11 is 0. The van der Waals surface area contributed by atoms with E-state index in [0.717, 1.165) is 16.7 Å². The van der Waals surface area contributed by atoms with Crippen LogP contribution in [0.15, 0.2) is 17.0 Å². The van der Waals surface area contributed by atoms with E-state index in [1.54, 1.807) is 0 Å². The van der Waals surface area contributed by atoms with Crippen LogP contribution in [0.25, 0.3) is 0 Å². The van der Waals surface area contributed by atoms with Gasteiger partial charge < -0.3 is 5.11 Å². The maximum atomic E-state index is 12.7. The number of nitrogens with one attached hydrogen (secondary N) is 1. The van der Waals surface area contributed by atoms with Gasteiger partial charge in [-0.3, -0.25) is 9.69 Å². The number of carbonyl (C=O) groups is 1. The molecule has 6 nitrogen and oxygen atoms in total. The van der Waals surface area contributed by atoms with Crippen molar-refractivity contribution in [2.45, 2.75) is 57.5 Å². The second-order valence-corrected chi connectivity index (χ2v) is 8.28. The van der Waals surface area contributed by atoms with Gasteiger partial charge in [-0.05, 0) is 51.3 Å². The van der Waals surface area contributed by atoms with Gasteiger partial charge in [0.25, 0.3) is 0 Å². The van der Waals surface area contributed by atoms with E-state index in [2.05, 4.69) is 4.72 Å². The number of rotatable bonds is 7. The Morgan fingerprint density at radius 3 is 2.25 bits per heavy atom. The highest BCUT2D eigenvalue weighted by Crippen LogP contribution is 2.28. The standard InChI is InChI=1S/C17H26N2O4S/c1-5-19(10-16(20)21)15-8-14(9-15)18-24(22,23)17-12(3)6-11(2)7-13(17)4/h6-7,14-15,18H,5,8-10H2,1-4H3,(H,20,21). The molecule has 0 heterocycles. The quantitative estimate of drug-likeness (QED) is 0.780. The summed E-state index contributed by atoms with van der Waals surface area (Å²) in [5.74, 6) is -0.855. The van der Waals surface area contributed by atoms with Gasteiger partial charge in [0.15, 0.2) is 0 Å². The molecule has 1 aromatic rings. The van der Waals surface area contributed by atoms with Crippen LogP contribution in [0.3, 0.4) is 0 Å². The van der Waals surface area contributed by atoms with E-state index in [4.69, 9.17) is 5.11 Å². The molecule has 0 amide bonds. The topological polar surface area (TPSA) is 86.7 Å². The number of aliphatic carboxylic acids is 1. The van der Waals surface area contributed by atoms with Crippen molar-refractivity contribution in [3.8, 4) is 0 Å². The maximum Gasteiger partial charge on any atom is 0.317 e. The summed E-state index contributed by atoms with van der Waals surface area (Å²) in [7, 11) is -3.56. The maximum absolute atomic E-state index is 12.7. The first kappa shape index (κ1) is 18.9. The summed E-state index contributed by atoms with van der Waals surface area (Å²) in [4.78, 5) is 13.1. The van der Waals surface area contributed by atoms with E-state index in [1.165, 1.54) is 0 Å². The molecule has 2 N–H and O–H groups in total. The summed E-state index contributed by atoms with van der Waals surface area (Å²) in [5.41, 5.74) is 2.54. The van der Waals surface area contributed by atoms with Crippen molar-refractivity contribution in [3.63, 3.8) is 0 Å². The van der Waals surface area contributed by atoms with Crippen molar-refractivity contribution >= 4 is 16.0 Å². The minimum absolute atomic E-state index is 0.00316. The average Bonchev–Trinajstić information content (AvgIpc) is 2.38. The molecule has 1 fully saturated rings. The minimum Gasteiger partial charge on any atom is -0.480 e. The van der Waals surface area contributed by atoms with Gasteiger partial charge in [0, 0.05) is 12.1 Å². The summed E-state index contributed by atoms with van der Waals surface area (Å²) in [6.45, 7) is 8.12. The largest absolute Gasteiger partial charge is 0.480 e. The fourth-order valence-corrected chi connectivity index (χ4v) is 5.24. The van der Waals surface area contributed by atoms with Crippen LogP contribution in [-0.2, 0) is 14.8 Å². The molecule has 1 aliphatic carbocycles. The minimum atomic E-state index is -3.56. The number of carboxylic acid groups (broad SMARTS) is 1. The fourth-order valence-electron chi connectivity index (χ4n) is 3.52. The number of hydrogen-bond acceptors (Lipinski definition) is 4. The molecule has 24 heavy (non-hydrogen) atoms. The summed E-state index contributed by atoms with van der Waals surface area (Å²) in [6, 6.07) is 3.73. The Hall–Kier alpha value is -1.44. The Labute approximate surface area is 143 Å². The van der Waals surface area contributed by atoms with Gasteiger partial charge in [0.1, 0.15) is 0 Å². The third kappa shape index (κ3) is 4.15. The van der Waals surface area contributed by atoms with Gasteiger partial charge in [-0.2, -0.15) is 0 Å². The molecule has 0 unspecified atom stereocenters. The lowest BCUT2D eigenvalue weighted by Gasteiger charge is -2.42. The van der Waals surface area contributed by atoms with Gasteiger partial charge in [0.2, 0.25) is 10.0 Å². The van der Waals surface area contributed by atoms with Crippen molar-refractivity contribution in [2.75, 3.05) is 13.1 Å². The van der Waals surface area contributed by atoms with Crippen LogP contribution in [0.4, 0.5) is 0 Å². The fraction of sp³-hybridized carbons (Fsp3) is 0.588. The zero-order chi connectivity index (χ0) is 18.1. The van der Waals surface area contributed by atoms with E-state index < -0.39 is 16.0 Å². The number of nitrogens with zero attached hydrogens (tertiary/aromatic N) is 1. The normalized spacial score (nSPS) is 20.9. The third-order valence-electron chi connectivity index (χ3n) is 4.57. The molecule has 134 valence electrons. The summed E-state index contributed by atoms with van der Waals surface area (Å²) in [5, 5.41) is 8.91. The van der Waals surface area contributed by atoms with Gasteiger partial charge >= 0.3 is 5.97 Å². The van der Waals surface area contributed by atoms with E-state index in [1.807, 2.05) is 44.7 Å². The first-order valence-electron chi connectivity index (χ1n) is 8.20. The molecule has 1 aliphatic rings. The van der Waals surface area contributed by atoms with Crippen LogP contribution in [0.1, 0.15) is 36.5 Å². The highest BCUT2D eigenvalue weighted by Gasteiger charge is 2.36. The molecule has 2 rings (SSSR count). The van der Waals surface area contributed by atoms with Gasteiger partial charge in [-0.25, -0.2) is 13.1 Å². The van der Waals surface area contributed by atoms with Crippen LogP contribution in [0.2, 0.25) is 0 Å². The van der Waals surface area contributed by atoms with Crippen molar-refractivity contribution in [3.05, 3.63) is 28.8 Å². The van der Waals surface area contributed by atoms with Gasteiger partial charge in [0.05, 0.1) is 11.4 Å². The molecule has 0 atom stereocenters. The number of aryl methyl sites for hydroxylation is 3. The lowest BCUT2D eigenvalue weighted by molar-refractivity contribution is -0.139. The molecule has 1 saturated carbocycles. The molecular weight excluding hydrogens is 328 g/mol. The highest BCUT2D eigenvalue weighted by molar-refractivity contribution is 7.89. The predicted molar refractivity (Wildman–Crippen MR) is 92.7 cm³/mol. The van der Waals surface area contributed by atoms with Crippen LogP contribution in [0, 0.1) is 20.8 Å². The Kier molecular flexibility index (Phi) is 5.67. The van der Waals surface area contributed by atoms with E-state index in [9.17, 15) is 13.2 Å². The van der Waals surface area contributed by atoms with Gasteiger partial charge in [-0.1, -0.05) is 24.6 Å². The lowest BCUT2D eigenvalue weighted by Crippen LogP contribution is -2.54. The van der Waals surface area contributed by atoms with E-state index in [-0.39, 0.29) is 18.6 Å². The highest BCUT2D eigenvalue weighted by atomic mass is 32.2. The molecule has 1 aromatic carbocycles. The number of carboxylic acids is 1. The SMILES string of the molecule is CCN(CC(=O)O)C1CC(NS(=O)(=O)c2c(C)cc(C)cc2C)C1. The molecule has 0 saturated heterocycles. The van der Waals surface area contributed by atoms with Crippen LogP contribution >= 0.6 is 0 Å². The number of likely N-dealkylation sites (N-methyl/N-ethyl adjacent to an activating group) is 1. The predicted octanol–water partition coefficient (Wildman–Crippen LogP) is 1.83. The number of benzene rings is 1. The summed E-state index contributed by atoms with van der Waals surface area (Å²) in [6.07, 6.45) is 1.29. The second kappa shape index (κ2) is 7.21.